The first-order valence-electron chi connectivity index (χ1n) is 9.98. The fourth-order valence-electron chi connectivity index (χ4n) is 3.06. The third-order valence-electron chi connectivity index (χ3n) is 4.76. The number of hydrogen-bond acceptors (Lipinski definition) is 7. The number of thioether (sulfide) groups is 1. The lowest BCUT2D eigenvalue weighted by Gasteiger charge is -2.12. The minimum absolute atomic E-state index is 0.255. The highest BCUT2D eigenvalue weighted by atomic mass is 32.2. The molecule has 0 aliphatic heterocycles. The van der Waals surface area contributed by atoms with Gasteiger partial charge in [-0.05, 0) is 54.2 Å². The molecule has 9 heteroatoms. The van der Waals surface area contributed by atoms with Crippen LogP contribution in [0.5, 0.6) is 11.5 Å². The fourth-order valence-corrected chi connectivity index (χ4v) is 5.38. The number of methoxy groups -OCH3 is 2. The summed E-state index contributed by atoms with van der Waals surface area (Å²) in [5.41, 5.74) is 3.08. The Balaban J connectivity index is 1.47. The average Bonchev–Trinajstić information content (AvgIpc) is 3.23. The number of hydrogen-bond donors (Lipinski definition) is 1. The van der Waals surface area contributed by atoms with Crippen LogP contribution in [0.4, 0.5) is 5.69 Å². The first-order valence-corrected chi connectivity index (χ1v) is 12.2. The van der Waals surface area contributed by atoms with Crippen LogP contribution in [0.1, 0.15) is 15.9 Å². The number of carbonyl (C=O) groups excluding carboxylic acids is 1. The maximum Gasteiger partial charge on any atom is 0.255 e. The Bertz CT molecular complexity index is 1300. The number of nitrogens with one attached hydrogen (secondary N) is 1. The largest absolute Gasteiger partial charge is 0.497 e. The Morgan fingerprint density at radius 2 is 1.82 bits per heavy atom. The molecule has 0 radical (unpaired) electrons. The van der Waals surface area contributed by atoms with Gasteiger partial charge in [0, 0.05) is 17.4 Å². The Hall–Kier alpha value is -3.14. The van der Waals surface area contributed by atoms with Crippen molar-refractivity contribution >= 4 is 46.9 Å². The van der Waals surface area contributed by atoms with Crippen LogP contribution in [0.25, 0.3) is 5.69 Å². The molecule has 0 saturated carbocycles. The molecule has 0 atom stereocenters. The maximum atomic E-state index is 12.8. The van der Waals surface area contributed by atoms with Gasteiger partial charge < -0.3 is 14.8 Å². The standard InChI is InChI=1S/C24H21N3O3S3/c1-29-19-12-13-21(30-2)20(14-19)25-22(28)17-8-10-18(11-9-17)27-24(31)33-23(26-27)32-15-16-6-4-3-5-7-16/h3-14H,15H2,1-2H3,(H,25,28). The summed E-state index contributed by atoms with van der Waals surface area (Å²) in [6.07, 6.45) is 0. The van der Waals surface area contributed by atoms with Crippen LogP contribution < -0.4 is 14.8 Å². The van der Waals surface area contributed by atoms with Crippen LogP contribution in [-0.2, 0) is 5.75 Å². The number of aromatic nitrogens is 2. The van der Waals surface area contributed by atoms with E-state index in [0.717, 1.165) is 15.8 Å². The smallest absolute Gasteiger partial charge is 0.255 e. The van der Waals surface area contributed by atoms with Gasteiger partial charge in [0.2, 0.25) is 0 Å². The van der Waals surface area contributed by atoms with Crippen molar-refractivity contribution in [3.8, 4) is 17.2 Å². The Morgan fingerprint density at radius 1 is 1.06 bits per heavy atom. The number of amides is 1. The van der Waals surface area contributed by atoms with Crippen LogP contribution in [-0.4, -0.2) is 29.9 Å². The lowest BCUT2D eigenvalue weighted by molar-refractivity contribution is 0.102. The molecule has 4 aromatic rings. The number of ether oxygens (including phenoxy) is 2. The van der Waals surface area contributed by atoms with Crippen molar-refractivity contribution in [3.63, 3.8) is 0 Å². The molecule has 1 N–H and O–H groups in total. The molecule has 168 valence electrons. The van der Waals surface area contributed by atoms with Crippen LogP contribution in [0.3, 0.4) is 0 Å². The number of carbonyl (C=O) groups is 1. The first kappa shape index (κ1) is 23.0. The van der Waals surface area contributed by atoms with Gasteiger partial charge in [-0.2, -0.15) is 0 Å². The summed E-state index contributed by atoms with van der Waals surface area (Å²) in [5, 5.41) is 7.51. The monoisotopic (exact) mass is 495 g/mol. The number of nitrogens with zero attached hydrogens (tertiary/aromatic N) is 2. The average molecular weight is 496 g/mol. The predicted octanol–water partition coefficient (Wildman–Crippen LogP) is 6.23. The van der Waals surface area contributed by atoms with E-state index < -0.39 is 0 Å². The molecule has 1 aromatic heterocycles. The third-order valence-corrected chi connectivity index (χ3v) is 7.20. The van der Waals surface area contributed by atoms with E-state index in [-0.39, 0.29) is 5.91 Å². The van der Waals surface area contributed by atoms with Gasteiger partial charge in [-0.25, -0.2) is 4.68 Å². The Morgan fingerprint density at radius 3 is 2.52 bits per heavy atom. The molecule has 0 bridgehead atoms. The predicted molar refractivity (Wildman–Crippen MR) is 136 cm³/mol. The lowest BCUT2D eigenvalue weighted by atomic mass is 10.2. The van der Waals surface area contributed by atoms with Crippen LogP contribution in [0, 0.1) is 3.95 Å². The molecule has 4 rings (SSSR count). The van der Waals surface area contributed by atoms with Crippen molar-refractivity contribution in [1.82, 2.24) is 9.78 Å². The quantitative estimate of drug-likeness (QED) is 0.231. The summed E-state index contributed by atoms with van der Waals surface area (Å²) in [5.74, 6) is 1.75. The summed E-state index contributed by atoms with van der Waals surface area (Å²) < 4.78 is 13.8. The van der Waals surface area contributed by atoms with Gasteiger partial charge in [0.05, 0.1) is 25.6 Å². The van der Waals surface area contributed by atoms with E-state index in [9.17, 15) is 4.79 Å². The fraction of sp³-hybridized carbons (Fsp3) is 0.125. The second-order valence-corrected chi connectivity index (χ2v) is 9.73. The maximum absolute atomic E-state index is 12.8. The summed E-state index contributed by atoms with van der Waals surface area (Å²) >= 11 is 8.63. The molecule has 0 saturated heterocycles. The van der Waals surface area contributed by atoms with Gasteiger partial charge in [0.15, 0.2) is 8.29 Å². The summed E-state index contributed by atoms with van der Waals surface area (Å²) in [4.78, 5) is 12.8. The molecule has 0 aliphatic carbocycles. The Kier molecular flexibility index (Phi) is 7.43. The molecule has 0 fully saturated rings. The van der Waals surface area contributed by atoms with E-state index in [1.54, 1.807) is 61.0 Å². The number of anilines is 1. The highest BCUT2D eigenvalue weighted by molar-refractivity contribution is 8.00. The second kappa shape index (κ2) is 10.7. The van der Waals surface area contributed by atoms with Crippen LogP contribution in [0.15, 0.2) is 77.1 Å². The summed E-state index contributed by atoms with van der Waals surface area (Å²) in [7, 11) is 3.12. The highest BCUT2D eigenvalue weighted by Gasteiger charge is 2.12. The van der Waals surface area contributed by atoms with Crippen molar-refractivity contribution in [2.45, 2.75) is 10.1 Å². The molecule has 6 nitrogen and oxygen atoms in total. The SMILES string of the molecule is COc1ccc(OC)c(NC(=O)c2ccc(-n3nc(SCc4ccccc4)sc3=S)cc2)c1. The second-order valence-electron chi connectivity index (χ2n) is 6.89. The van der Waals surface area contributed by atoms with Gasteiger partial charge in [-0.3, -0.25) is 4.79 Å². The van der Waals surface area contributed by atoms with E-state index >= 15 is 0 Å². The molecule has 0 spiro atoms. The van der Waals surface area contributed by atoms with Gasteiger partial charge in [-0.15, -0.1) is 5.10 Å². The third kappa shape index (κ3) is 5.62. The number of rotatable bonds is 8. The van der Waals surface area contributed by atoms with E-state index in [2.05, 4.69) is 22.5 Å². The van der Waals surface area contributed by atoms with E-state index in [1.165, 1.54) is 16.9 Å². The van der Waals surface area contributed by atoms with Crippen molar-refractivity contribution in [2.75, 3.05) is 19.5 Å². The summed E-state index contributed by atoms with van der Waals surface area (Å²) in [6, 6.07) is 22.6. The minimum atomic E-state index is -0.255. The molecule has 3 aromatic carbocycles. The van der Waals surface area contributed by atoms with Crippen molar-refractivity contribution in [1.29, 1.82) is 0 Å². The van der Waals surface area contributed by atoms with Crippen LogP contribution >= 0.6 is 35.3 Å². The molecule has 33 heavy (non-hydrogen) atoms. The normalized spacial score (nSPS) is 10.6. The van der Waals surface area contributed by atoms with E-state index in [1.807, 2.05) is 30.3 Å². The van der Waals surface area contributed by atoms with Crippen molar-refractivity contribution in [2.24, 2.45) is 0 Å². The van der Waals surface area contributed by atoms with Gasteiger partial charge in [0.25, 0.3) is 5.91 Å². The Labute approximate surface area is 205 Å². The number of benzene rings is 3. The van der Waals surface area contributed by atoms with Crippen molar-refractivity contribution in [3.05, 3.63) is 87.9 Å². The first-order chi connectivity index (χ1) is 16.1. The molecular formula is C24H21N3O3S3. The zero-order valence-corrected chi connectivity index (χ0v) is 20.4. The zero-order valence-electron chi connectivity index (χ0n) is 18.0. The molecular weight excluding hydrogens is 474 g/mol. The van der Waals surface area contributed by atoms with Gasteiger partial charge >= 0.3 is 0 Å². The molecule has 1 amide bonds. The lowest BCUT2D eigenvalue weighted by Crippen LogP contribution is -2.13. The molecule has 0 aliphatic rings. The zero-order chi connectivity index (χ0) is 23.2. The van der Waals surface area contributed by atoms with Gasteiger partial charge in [-0.1, -0.05) is 53.4 Å². The van der Waals surface area contributed by atoms with E-state index in [0.29, 0.717) is 26.7 Å². The highest BCUT2D eigenvalue weighted by Crippen LogP contribution is 2.30. The molecule has 1 heterocycles. The van der Waals surface area contributed by atoms with E-state index in [4.69, 9.17) is 21.7 Å². The molecule has 0 unspecified atom stereocenters. The van der Waals surface area contributed by atoms with Crippen molar-refractivity contribution < 1.29 is 14.3 Å². The summed E-state index contributed by atoms with van der Waals surface area (Å²) in [6.45, 7) is 0. The minimum Gasteiger partial charge on any atom is -0.497 e. The topological polar surface area (TPSA) is 65.4 Å². The van der Waals surface area contributed by atoms with Crippen LogP contribution in [0.2, 0.25) is 0 Å². The van der Waals surface area contributed by atoms with Gasteiger partial charge in [0.1, 0.15) is 11.5 Å².